The number of aromatic nitrogens is 6. The maximum atomic E-state index is 12.5. The summed E-state index contributed by atoms with van der Waals surface area (Å²) in [5.41, 5.74) is 1.48. The predicted octanol–water partition coefficient (Wildman–Crippen LogP) is 1.71. The number of tetrazole rings is 1. The molecule has 130 valence electrons. The lowest BCUT2D eigenvalue weighted by Gasteiger charge is -2.16. The zero-order valence-corrected chi connectivity index (χ0v) is 14.1. The van der Waals surface area contributed by atoms with Crippen LogP contribution in [0.1, 0.15) is 20.3 Å². The van der Waals surface area contributed by atoms with Gasteiger partial charge < -0.3 is 10.6 Å². The Bertz CT molecular complexity index is 826. The molecule has 2 heterocycles. The fourth-order valence-corrected chi connectivity index (χ4v) is 2.36. The highest BCUT2D eigenvalue weighted by Crippen LogP contribution is 2.13. The summed E-state index contributed by atoms with van der Waals surface area (Å²) in [4.78, 5) is 12.5. The van der Waals surface area contributed by atoms with Gasteiger partial charge >= 0.3 is 0 Å². The highest BCUT2D eigenvalue weighted by Gasteiger charge is 2.20. The molecule has 0 aliphatic heterocycles. The van der Waals surface area contributed by atoms with Gasteiger partial charge in [0.15, 0.2) is 0 Å². The minimum atomic E-state index is -0.474. The third-order valence-electron chi connectivity index (χ3n) is 3.72. The Morgan fingerprint density at radius 3 is 2.72 bits per heavy atom. The second-order valence-electron chi connectivity index (χ2n) is 5.43. The molecule has 0 saturated carbocycles. The average Bonchev–Trinajstić information content (AvgIpc) is 3.29. The van der Waals surface area contributed by atoms with E-state index >= 15 is 0 Å². The van der Waals surface area contributed by atoms with Crippen molar-refractivity contribution in [3.8, 4) is 5.69 Å². The van der Waals surface area contributed by atoms with E-state index in [0.29, 0.717) is 18.1 Å². The van der Waals surface area contributed by atoms with Crippen molar-refractivity contribution in [3.05, 3.63) is 42.7 Å². The molecular formula is C16H20N8O. The van der Waals surface area contributed by atoms with E-state index in [-0.39, 0.29) is 5.91 Å². The summed E-state index contributed by atoms with van der Waals surface area (Å²) in [6.07, 6.45) is 4.00. The van der Waals surface area contributed by atoms with Gasteiger partial charge in [-0.05, 0) is 35.9 Å². The second kappa shape index (κ2) is 7.56. The minimum Gasteiger partial charge on any atom is -0.341 e. The number of amides is 1. The lowest BCUT2D eigenvalue weighted by atomic mass is 10.2. The molecule has 0 aliphatic rings. The van der Waals surface area contributed by atoms with Crippen LogP contribution in [0.5, 0.6) is 0 Å². The van der Waals surface area contributed by atoms with Crippen molar-refractivity contribution in [1.29, 1.82) is 0 Å². The molecule has 1 amide bonds. The lowest BCUT2D eigenvalue weighted by molar-refractivity contribution is -0.117. The summed E-state index contributed by atoms with van der Waals surface area (Å²) in [6, 6.07) is 9.02. The number of benzene rings is 1. The third-order valence-corrected chi connectivity index (χ3v) is 3.72. The molecule has 1 atom stereocenters. The average molecular weight is 340 g/mol. The first-order chi connectivity index (χ1) is 12.2. The molecule has 9 heteroatoms. The number of anilines is 2. The molecule has 0 radical (unpaired) electrons. The van der Waals surface area contributed by atoms with E-state index < -0.39 is 6.04 Å². The van der Waals surface area contributed by atoms with Gasteiger partial charge in [-0.3, -0.25) is 9.48 Å². The van der Waals surface area contributed by atoms with E-state index in [4.69, 9.17) is 0 Å². The maximum absolute atomic E-state index is 12.5. The molecule has 0 fully saturated rings. The highest BCUT2D eigenvalue weighted by atomic mass is 16.2. The summed E-state index contributed by atoms with van der Waals surface area (Å²) in [6.45, 7) is 4.65. The first-order valence-electron chi connectivity index (χ1n) is 8.15. The molecular weight excluding hydrogens is 320 g/mol. The molecule has 1 aromatic carbocycles. The molecule has 0 aliphatic carbocycles. The predicted molar refractivity (Wildman–Crippen MR) is 93.4 cm³/mol. The van der Waals surface area contributed by atoms with Crippen LogP contribution in [0.25, 0.3) is 5.69 Å². The van der Waals surface area contributed by atoms with Gasteiger partial charge in [0.25, 0.3) is 0 Å². The molecule has 0 unspecified atom stereocenters. The van der Waals surface area contributed by atoms with Crippen LogP contribution in [0.4, 0.5) is 11.6 Å². The van der Waals surface area contributed by atoms with E-state index in [0.717, 1.165) is 12.2 Å². The largest absolute Gasteiger partial charge is 0.341 e. The molecule has 2 aromatic heterocycles. The Morgan fingerprint density at radius 2 is 2.04 bits per heavy atom. The van der Waals surface area contributed by atoms with Crippen molar-refractivity contribution >= 4 is 17.5 Å². The molecule has 3 aromatic rings. The van der Waals surface area contributed by atoms with Crippen molar-refractivity contribution in [2.24, 2.45) is 0 Å². The van der Waals surface area contributed by atoms with Crippen LogP contribution >= 0.6 is 0 Å². The van der Waals surface area contributed by atoms with E-state index in [2.05, 4.69) is 31.3 Å². The first-order valence-corrected chi connectivity index (χ1v) is 8.15. The molecule has 0 bridgehead atoms. The van der Waals surface area contributed by atoms with Gasteiger partial charge in [0.05, 0.1) is 17.6 Å². The second-order valence-corrected chi connectivity index (χ2v) is 5.43. The van der Waals surface area contributed by atoms with Crippen LogP contribution in [-0.4, -0.2) is 41.9 Å². The minimum absolute atomic E-state index is 0.166. The zero-order chi connectivity index (χ0) is 17.6. The summed E-state index contributed by atoms with van der Waals surface area (Å²) in [5, 5.41) is 21.8. The number of rotatable bonds is 7. The first kappa shape index (κ1) is 16.6. The molecule has 2 N–H and O–H groups in total. The van der Waals surface area contributed by atoms with Crippen LogP contribution in [0.2, 0.25) is 0 Å². The van der Waals surface area contributed by atoms with Crippen molar-refractivity contribution in [3.63, 3.8) is 0 Å². The van der Waals surface area contributed by atoms with Gasteiger partial charge in [-0.1, -0.05) is 30.2 Å². The fraction of sp³-hybridized carbons (Fsp3) is 0.312. The number of aryl methyl sites for hydroxylation is 1. The summed E-state index contributed by atoms with van der Waals surface area (Å²) in [7, 11) is 0. The smallest absolute Gasteiger partial charge is 0.248 e. The van der Waals surface area contributed by atoms with Gasteiger partial charge in [-0.2, -0.15) is 9.78 Å². The fourth-order valence-electron chi connectivity index (χ4n) is 2.36. The van der Waals surface area contributed by atoms with Gasteiger partial charge in [0.2, 0.25) is 11.9 Å². The lowest BCUT2D eigenvalue weighted by Crippen LogP contribution is -2.35. The Balaban J connectivity index is 1.72. The molecule has 25 heavy (non-hydrogen) atoms. The summed E-state index contributed by atoms with van der Waals surface area (Å²) < 4.78 is 3.31. The van der Waals surface area contributed by atoms with Crippen LogP contribution in [0.15, 0.2) is 42.7 Å². The number of carbonyl (C=O) groups excluding carboxylic acids is 1. The van der Waals surface area contributed by atoms with Crippen LogP contribution < -0.4 is 10.6 Å². The SMILES string of the molecule is CC[C@H](Nc1nnnn1-c1ccccc1)C(=O)Nc1cnn(CC)c1. The van der Waals surface area contributed by atoms with Gasteiger partial charge in [-0.15, -0.1) is 0 Å². The number of hydrogen-bond donors (Lipinski definition) is 2. The number of nitrogens with one attached hydrogen (secondary N) is 2. The highest BCUT2D eigenvalue weighted by molar-refractivity contribution is 5.96. The standard InChI is InChI=1S/C16H20N8O/c1-3-14(15(25)18-12-10-17-23(4-2)11-12)19-16-20-21-22-24(16)13-8-6-5-7-9-13/h5-11,14H,3-4H2,1-2H3,(H,18,25)(H,19,20,22)/t14-/m0/s1. The van der Waals surface area contributed by atoms with E-state index in [1.165, 1.54) is 0 Å². The Morgan fingerprint density at radius 1 is 1.24 bits per heavy atom. The van der Waals surface area contributed by atoms with Crippen molar-refractivity contribution in [2.45, 2.75) is 32.9 Å². The Hall–Kier alpha value is -3.23. The summed E-state index contributed by atoms with van der Waals surface area (Å²) >= 11 is 0. The molecule has 0 saturated heterocycles. The molecule has 9 nitrogen and oxygen atoms in total. The molecule has 3 rings (SSSR count). The van der Waals surface area contributed by atoms with E-state index in [9.17, 15) is 4.79 Å². The van der Waals surface area contributed by atoms with Gasteiger partial charge in [-0.25, -0.2) is 0 Å². The number of para-hydroxylation sites is 1. The normalized spacial score (nSPS) is 11.9. The number of nitrogens with zero attached hydrogens (tertiary/aromatic N) is 6. The Kier molecular flexibility index (Phi) is 5.03. The van der Waals surface area contributed by atoms with Crippen molar-refractivity contribution in [2.75, 3.05) is 10.6 Å². The number of carbonyl (C=O) groups is 1. The van der Waals surface area contributed by atoms with Crippen LogP contribution in [-0.2, 0) is 11.3 Å². The monoisotopic (exact) mass is 340 g/mol. The van der Waals surface area contributed by atoms with Gasteiger partial charge in [0.1, 0.15) is 6.04 Å². The van der Waals surface area contributed by atoms with E-state index in [1.54, 1.807) is 21.8 Å². The van der Waals surface area contributed by atoms with E-state index in [1.807, 2.05) is 44.2 Å². The van der Waals surface area contributed by atoms with Crippen LogP contribution in [0.3, 0.4) is 0 Å². The zero-order valence-electron chi connectivity index (χ0n) is 14.1. The third kappa shape index (κ3) is 3.82. The van der Waals surface area contributed by atoms with Crippen molar-refractivity contribution < 1.29 is 4.79 Å². The summed E-state index contributed by atoms with van der Waals surface area (Å²) in [5.74, 6) is 0.248. The van der Waals surface area contributed by atoms with Crippen molar-refractivity contribution in [1.82, 2.24) is 30.0 Å². The van der Waals surface area contributed by atoms with Gasteiger partial charge in [0, 0.05) is 12.7 Å². The topological polar surface area (TPSA) is 103 Å². The maximum Gasteiger partial charge on any atom is 0.248 e. The van der Waals surface area contributed by atoms with Crippen LogP contribution in [0, 0.1) is 0 Å². The molecule has 0 spiro atoms. The number of hydrogen-bond acceptors (Lipinski definition) is 6. The quantitative estimate of drug-likeness (QED) is 0.679. The Labute approximate surface area is 145 Å².